The number of nitrogens with one attached hydrogen (secondary N) is 2. The molecule has 1 aromatic rings. The van der Waals surface area contributed by atoms with Crippen molar-refractivity contribution < 1.29 is 22.8 Å². The first-order chi connectivity index (χ1) is 12.8. The van der Waals surface area contributed by atoms with Crippen LogP contribution in [0.2, 0.25) is 0 Å². The molecule has 1 aromatic carbocycles. The van der Waals surface area contributed by atoms with Crippen LogP contribution in [0.1, 0.15) is 61.4 Å². The molecule has 2 atom stereocenters. The Hall–Kier alpha value is -1.89. The molecule has 7 heteroatoms. The highest BCUT2D eigenvalue weighted by Crippen LogP contribution is 2.30. The van der Waals surface area contributed by atoms with Crippen LogP contribution < -0.4 is 10.6 Å². The Balaban J connectivity index is 1.83. The summed E-state index contributed by atoms with van der Waals surface area (Å²) in [7, 11) is 0. The Morgan fingerprint density at radius 1 is 1.19 bits per heavy atom. The first kappa shape index (κ1) is 21.4. The van der Waals surface area contributed by atoms with E-state index in [-0.39, 0.29) is 17.3 Å². The molecule has 1 fully saturated rings. The number of hydrogen-bond acceptors (Lipinski definition) is 3. The van der Waals surface area contributed by atoms with Crippen LogP contribution in [-0.2, 0) is 11.0 Å². The van der Waals surface area contributed by atoms with Gasteiger partial charge in [-0.2, -0.15) is 13.2 Å². The number of carbonyl (C=O) groups excluding carboxylic acids is 2. The summed E-state index contributed by atoms with van der Waals surface area (Å²) >= 11 is 0. The van der Waals surface area contributed by atoms with Crippen LogP contribution in [-0.4, -0.2) is 30.8 Å². The van der Waals surface area contributed by atoms with E-state index in [9.17, 15) is 22.8 Å². The van der Waals surface area contributed by atoms with Gasteiger partial charge in [0.2, 0.25) is 5.91 Å². The zero-order valence-electron chi connectivity index (χ0n) is 15.6. The van der Waals surface area contributed by atoms with Crippen LogP contribution in [0.5, 0.6) is 0 Å². The molecule has 0 aliphatic carbocycles. The summed E-state index contributed by atoms with van der Waals surface area (Å²) in [5.74, 6) is -0.998. The third kappa shape index (κ3) is 6.34. The van der Waals surface area contributed by atoms with Crippen molar-refractivity contribution in [1.29, 1.82) is 0 Å². The van der Waals surface area contributed by atoms with E-state index in [0.29, 0.717) is 19.5 Å². The molecule has 1 aliphatic rings. The summed E-state index contributed by atoms with van der Waals surface area (Å²) < 4.78 is 38.4. The molecule has 1 saturated heterocycles. The quantitative estimate of drug-likeness (QED) is 0.501. The number of unbranched alkanes of at least 4 members (excludes halogenated alkanes) is 4. The van der Waals surface area contributed by atoms with Crippen molar-refractivity contribution in [3.05, 3.63) is 35.4 Å². The summed E-state index contributed by atoms with van der Waals surface area (Å²) in [4.78, 5) is 24.7. The highest BCUT2D eigenvalue weighted by atomic mass is 19.4. The first-order valence-corrected chi connectivity index (χ1v) is 9.55. The molecule has 27 heavy (non-hydrogen) atoms. The molecular weight excluding hydrogens is 357 g/mol. The Morgan fingerprint density at radius 2 is 1.93 bits per heavy atom. The van der Waals surface area contributed by atoms with Crippen LogP contribution in [0, 0.1) is 5.92 Å². The van der Waals surface area contributed by atoms with Crippen molar-refractivity contribution in [2.75, 3.05) is 13.1 Å². The Kier molecular flexibility index (Phi) is 7.83. The number of Topliss-reactive ketones (excluding diaryl/α,β-unsaturated/α-hetero) is 1. The van der Waals surface area contributed by atoms with E-state index < -0.39 is 23.7 Å². The lowest BCUT2D eigenvalue weighted by Crippen LogP contribution is -2.40. The minimum atomic E-state index is -4.48. The van der Waals surface area contributed by atoms with Crippen molar-refractivity contribution in [2.24, 2.45) is 5.92 Å². The summed E-state index contributed by atoms with van der Waals surface area (Å²) in [6, 6.07) is 3.98. The average Bonchev–Trinajstić information content (AvgIpc) is 3.13. The van der Waals surface area contributed by atoms with E-state index in [4.69, 9.17) is 0 Å². The maximum absolute atomic E-state index is 12.8. The number of benzene rings is 1. The molecule has 2 unspecified atom stereocenters. The maximum Gasteiger partial charge on any atom is 0.416 e. The van der Waals surface area contributed by atoms with E-state index in [1.165, 1.54) is 25.0 Å². The predicted octanol–water partition coefficient (Wildman–Crippen LogP) is 3.95. The van der Waals surface area contributed by atoms with Gasteiger partial charge in [0.05, 0.1) is 11.6 Å². The third-order valence-electron chi connectivity index (χ3n) is 4.87. The molecule has 2 N–H and O–H groups in total. The molecule has 1 heterocycles. The highest BCUT2D eigenvalue weighted by Gasteiger charge is 2.35. The van der Waals surface area contributed by atoms with Gasteiger partial charge in [-0.05, 0) is 25.0 Å². The van der Waals surface area contributed by atoms with E-state index in [2.05, 4.69) is 17.6 Å². The summed E-state index contributed by atoms with van der Waals surface area (Å²) in [5, 5.41) is 5.88. The number of amides is 1. The normalized spacial score (nSPS) is 19.9. The van der Waals surface area contributed by atoms with E-state index in [1.807, 2.05) is 0 Å². The second-order valence-electron chi connectivity index (χ2n) is 7.04. The lowest BCUT2D eigenvalue weighted by Gasteiger charge is -2.12. The topological polar surface area (TPSA) is 58.2 Å². The van der Waals surface area contributed by atoms with Crippen molar-refractivity contribution in [1.82, 2.24) is 10.6 Å². The van der Waals surface area contributed by atoms with Gasteiger partial charge in [-0.3, -0.25) is 9.59 Å². The minimum absolute atomic E-state index is 0.0357. The van der Waals surface area contributed by atoms with Crippen molar-refractivity contribution in [3.63, 3.8) is 0 Å². The number of alkyl halides is 3. The molecule has 0 spiro atoms. The lowest BCUT2D eigenvalue weighted by atomic mass is 9.94. The molecule has 1 amide bonds. The van der Waals surface area contributed by atoms with Crippen molar-refractivity contribution in [3.8, 4) is 0 Å². The van der Waals surface area contributed by atoms with E-state index in [1.54, 1.807) is 0 Å². The van der Waals surface area contributed by atoms with Crippen molar-refractivity contribution in [2.45, 2.75) is 57.7 Å². The lowest BCUT2D eigenvalue weighted by molar-refractivity contribution is -0.137. The standard InChI is InChI=1S/C20H27F3N2O2/c1-2-3-4-5-6-10-24-19(27)17-12-15(13-25-17)18(26)14-8-7-9-16(11-14)20(21,22)23/h7-9,11,15,17,25H,2-6,10,12-13H2,1H3,(H,24,27). The third-order valence-corrected chi connectivity index (χ3v) is 4.87. The van der Waals surface area contributed by atoms with Crippen molar-refractivity contribution >= 4 is 11.7 Å². The Bertz CT molecular complexity index is 646. The molecule has 0 aromatic heterocycles. The second-order valence-corrected chi connectivity index (χ2v) is 7.04. The van der Waals surface area contributed by atoms with Gasteiger partial charge in [0.1, 0.15) is 0 Å². The summed E-state index contributed by atoms with van der Waals surface area (Å²) in [6.07, 6.45) is 1.33. The highest BCUT2D eigenvalue weighted by molar-refractivity contribution is 5.99. The fraction of sp³-hybridized carbons (Fsp3) is 0.600. The Labute approximate surface area is 157 Å². The summed E-state index contributed by atoms with van der Waals surface area (Å²) in [5.41, 5.74) is -0.801. The van der Waals surface area contributed by atoms with E-state index >= 15 is 0 Å². The number of hydrogen-bond donors (Lipinski definition) is 2. The number of ketones is 1. The molecule has 0 bridgehead atoms. The van der Waals surface area contributed by atoms with Gasteiger partial charge in [-0.15, -0.1) is 0 Å². The number of rotatable bonds is 9. The van der Waals surface area contributed by atoms with Crippen LogP contribution in [0.15, 0.2) is 24.3 Å². The van der Waals surface area contributed by atoms with Crippen LogP contribution in [0.3, 0.4) is 0 Å². The second kappa shape index (κ2) is 9.88. The largest absolute Gasteiger partial charge is 0.416 e. The number of carbonyl (C=O) groups is 2. The van der Waals surface area contributed by atoms with Crippen LogP contribution >= 0.6 is 0 Å². The fourth-order valence-corrected chi connectivity index (χ4v) is 3.28. The van der Waals surface area contributed by atoms with Gasteiger partial charge in [-0.1, -0.05) is 44.7 Å². The molecule has 1 aliphatic heterocycles. The van der Waals surface area contributed by atoms with Gasteiger partial charge >= 0.3 is 6.18 Å². The SMILES string of the molecule is CCCCCCCNC(=O)C1CC(C(=O)c2cccc(C(F)(F)F)c2)CN1. The van der Waals surface area contributed by atoms with Crippen LogP contribution in [0.4, 0.5) is 13.2 Å². The molecule has 0 saturated carbocycles. The zero-order valence-corrected chi connectivity index (χ0v) is 15.6. The minimum Gasteiger partial charge on any atom is -0.355 e. The number of halogens is 3. The van der Waals surface area contributed by atoms with E-state index in [0.717, 1.165) is 31.4 Å². The molecule has 150 valence electrons. The molecule has 2 rings (SSSR count). The zero-order chi connectivity index (χ0) is 19.9. The maximum atomic E-state index is 12.8. The van der Waals surface area contributed by atoms with Gasteiger partial charge in [0.25, 0.3) is 0 Å². The molecule has 0 radical (unpaired) electrons. The van der Waals surface area contributed by atoms with Gasteiger partial charge in [-0.25, -0.2) is 0 Å². The van der Waals surface area contributed by atoms with Gasteiger partial charge in [0, 0.05) is 24.6 Å². The molecule has 4 nitrogen and oxygen atoms in total. The van der Waals surface area contributed by atoms with Gasteiger partial charge < -0.3 is 10.6 Å². The smallest absolute Gasteiger partial charge is 0.355 e. The molecular formula is C20H27F3N2O2. The predicted molar refractivity (Wildman–Crippen MR) is 97.4 cm³/mol. The van der Waals surface area contributed by atoms with Crippen LogP contribution in [0.25, 0.3) is 0 Å². The monoisotopic (exact) mass is 384 g/mol. The Morgan fingerprint density at radius 3 is 2.63 bits per heavy atom. The summed E-state index contributed by atoms with van der Waals surface area (Å²) in [6.45, 7) is 3.04. The average molecular weight is 384 g/mol. The first-order valence-electron chi connectivity index (χ1n) is 9.55. The fourth-order valence-electron chi connectivity index (χ4n) is 3.28. The van der Waals surface area contributed by atoms with Gasteiger partial charge in [0.15, 0.2) is 5.78 Å².